The van der Waals surface area contributed by atoms with Crippen LogP contribution in [0.5, 0.6) is 0 Å². The van der Waals surface area contributed by atoms with E-state index in [-0.39, 0.29) is 18.3 Å². The maximum absolute atomic E-state index is 6.40. The van der Waals surface area contributed by atoms with Gasteiger partial charge < -0.3 is 13.3 Å². The minimum atomic E-state index is -3.09. The maximum atomic E-state index is 6.40. The van der Waals surface area contributed by atoms with Gasteiger partial charge in [0.15, 0.2) is 0 Å². The fourth-order valence-electron chi connectivity index (χ4n) is 2.82. The molecule has 2 rings (SSSR count). The van der Waals surface area contributed by atoms with E-state index in [1.54, 1.807) is 0 Å². The van der Waals surface area contributed by atoms with Crippen LogP contribution in [0.25, 0.3) is 11.1 Å². The smallest absolute Gasteiger partial charge is 0.367 e. The third kappa shape index (κ3) is 5.25. The van der Waals surface area contributed by atoms with E-state index in [4.69, 9.17) is 13.3 Å². The van der Waals surface area contributed by atoms with Gasteiger partial charge in [-0.15, -0.1) is 0 Å². The van der Waals surface area contributed by atoms with Crippen molar-refractivity contribution < 1.29 is 13.3 Å². The van der Waals surface area contributed by atoms with E-state index in [1.807, 2.05) is 71.9 Å². The van der Waals surface area contributed by atoms with Crippen molar-refractivity contribution in [2.24, 2.45) is 0 Å². The Morgan fingerprint density at radius 2 is 1.04 bits per heavy atom. The summed E-state index contributed by atoms with van der Waals surface area (Å²) in [6.07, 6.45) is 0.0222. The van der Waals surface area contributed by atoms with Crippen LogP contribution in [0.15, 0.2) is 54.6 Å². The van der Waals surface area contributed by atoms with Crippen molar-refractivity contribution in [2.45, 2.75) is 59.9 Å². The summed E-state index contributed by atoms with van der Waals surface area (Å²) >= 11 is 0. The minimum Gasteiger partial charge on any atom is -0.367 e. The Hall–Kier alpha value is -1.46. The molecule has 0 atom stereocenters. The summed E-state index contributed by atoms with van der Waals surface area (Å²) in [7, 11) is -3.09. The predicted molar refractivity (Wildman–Crippen MR) is 106 cm³/mol. The van der Waals surface area contributed by atoms with E-state index in [1.165, 1.54) is 0 Å². The van der Waals surface area contributed by atoms with Gasteiger partial charge in [-0.25, -0.2) is 0 Å². The second-order valence-corrected chi connectivity index (χ2v) is 9.33. The second-order valence-electron chi connectivity index (χ2n) is 6.97. The lowest BCUT2D eigenvalue weighted by Crippen LogP contribution is -2.60. The van der Waals surface area contributed by atoms with Gasteiger partial charge in [0.25, 0.3) is 0 Å². The molecule has 4 heteroatoms. The molecule has 0 N–H and O–H groups in total. The van der Waals surface area contributed by atoms with Gasteiger partial charge in [0.1, 0.15) is 0 Å². The Morgan fingerprint density at radius 3 is 1.52 bits per heavy atom. The molecule has 0 aliphatic heterocycles. The fourth-order valence-corrected chi connectivity index (χ4v) is 6.09. The van der Waals surface area contributed by atoms with Crippen molar-refractivity contribution in [2.75, 3.05) is 0 Å². The Balaban J connectivity index is 2.64. The summed E-state index contributed by atoms with van der Waals surface area (Å²) in [6, 6.07) is 18.6. The van der Waals surface area contributed by atoms with E-state index >= 15 is 0 Å². The van der Waals surface area contributed by atoms with Gasteiger partial charge in [0.05, 0.1) is 0 Å². The molecule has 0 aromatic heterocycles. The monoisotopic (exact) mass is 358 g/mol. The Bertz CT molecular complexity index is 627. The summed E-state index contributed by atoms with van der Waals surface area (Å²) in [4.78, 5) is 0. The zero-order valence-electron chi connectivity index (χ0n) is 16.2. The highest BCUT2D eigenvalue weighted by Gasteiger charge is 2.48. The van der Waals surface area contributed by atoms with E-state index < -0.39 is 8.80 Å². The highest BCUT2D eigenvalue weighted by atomic mass is 28.4. The van der Waals surface area contributed by atoms with Gasteiger partial charge in [-0.2, -0.15) is 0 Å². The normalized spacial score (nSPS) is 12.4. The third-order valence-electron chi connectivity index (χ3n) is 3.51. The lowest BCUT2D eigenvalue weighted by Gasteiger charge is -2.35. The first-order chi connectivity index (χ1) is 11.8. The van der Waals surface area contributed by atoms with E-state index in [9.17, 15) is 0 Å². The van der Waals surface area contributed by atoms with Crippen LogP contribution in [-0.4, -0.2) is 27.1 Å². The fraction of sp³-hybridized carbons (Fsp3) is 0.429. The molecule has 0 saturated heterocycles. The molecule has 0 amide bonds. The first-order valence-electron chi connectivity index (χ1n) is 9.02. The topological polar surface area (TPSA) is 27.7 Å². The molecule has 25 heavy (non-hydrogen) atoms. The van der Waals surface area contributed by atoms with Crippen molar-refractivity contribution >= 4 is 14.0 Å². The van der Waals surface area contributed by atoms with E-state index in [2.05, 4.69) is 24.3 Å². The number of hydrogen-bond donors (Lipinski definition) is 0. The van der Waals surface area contributed by atoms with Crippen LogP contribution in [0.4, 0.5) is 0 Å². The molecular formula is C21H30O3Si. The molecule has 0 bridgehead atoms. The van der Waals surface area contributed by atoms with Crippen molar-refractivity contribution in [3.05, 3.63) is 54.6 Å². The van der Waals surface area contributed by atoms with Crippen molar-refractivity contribution in [3.63, 3.8) is 0 Å². The van der Waals surface area contributed by atoms with Gasteiger partial charge in [-0.05, 0) is 52.7 Å². The van der Waals surface area contributed by atoms with E-state index in [0.717, 1.165) is 16.3 Å². The molecule has 0 aliphatic rings. The Morgan fingerprint density at radius 1 is 0.600 bits per heavy atom. The summed E-state index contributed by atoms with van der Waals surface area (Å²) in [6.45, 7) is 12.2. The van der Waals surface area contributed by atoms with Crippen molar-refractivity contribution in [3.8, 4) is 11.1 Å². The predicted octanol–water partition coefficient (Wildman–Crippen LogP) is 4.77. The summed E-state index contributed by atoms with van der Waals surface area (Å²) in [5.41, 5.74) is 2.25. The Labute approximate surface area is 153 Å². The number of benzene rings is 2. The lowest BCUT2D eigenvalue weighted by atomic mass is 10.1. The van der Waals surface area contributed by atoms with Crippen LogP contribution in [-0.2, 0) is 13.3 Å². The maximum Gasteiger partial charge on any atom is 0.538 e. The molecule has 2 aromatic rings. The van der Waals surface area contributed by atoms with Gasteiger partial charge >= 0.3 is 8.80 Å². The average molecular weight is 359 g/mol. The summed E-state index contributed by atoms with van der Waals surface area (Å²) in [5.74, 6) is 0. The zero-order chi connectivity index (χ0) is 18.4. The average Bonchev–Trinajstić information content (AvgIpc) is 2.53. The molecule has 0 saturated carbocycles. The first kappa shape index (κ1) is 19.9. The lowest BCUT2D eigenvalue weighted by molar-refractivity contribution is 0.0154. The Kier molecular flexibility index (Phi) is 6.96. The van der Waals surface area contributed by atoms with Gasteiger partial charge in [0.2, 0.25) is 0 Å². The van der Waals surface area contributed by atoms with Crippen LogP contribution in [0.1, 0.15) is 41.5 Å². The van der Waals surface area contributed by atoms with Gasteiger partial charge in [0, 0.05) is 23.5 Å². The molecular weight excluding hydrogens is 328 g/mol. The molecule has 0 unspecified atom stereocenters. The molecule has 3 nitrogen and oxygen atoms in total. The third-order valence-corrected chi connectivity index (χ3v) is 6.96. The molecule has 0 heterocycles. The van der Waals surface area contributed by atoms with Crippen LogP contribution >= 0.6 is 0 Å². The van der Waals surface area contributed by atoms with Crippen LogP contribution in [0.3, 0.4) is 0 Å². The summed E-state index contributed by atoms with van der Waals surface area (Å²) < 4.78 is 19.2. The SMILES string of the molecule is CC(C)O[Si](OC(C)C)(OC(C)C)c1ccccc1-c1ccccc1. The van der Waals surface area contributed by atoms with Crippen molar-refractivity contribution in [1.29, 1.82) is 0 Å². The molecule has 0 spiro atoms. The van der Waals surface area contributed by atoms with Crippen molar-refractivity contribution in [1.82, 2.24) is 0 Å². The highest BCUT2D eigenvalue weighted by Crippen LogP contribution is 2.25. The van der Waals surface area contributed by atoms with Crippen LogP contribution < -0.4 is 5.19 Å². The molecule has 2 aromatic carbocycles. The quantitative estimate of drug-likeness (QED) is 0.636. The zero-order valence-corrected chi connectivity index (χ0v) is 17.2. The summed E-state index contributed by atoms with van der Waals surface area (Å²) in [5, 5.41) is 1.03. The number of hydrogen-bond acceptors (Lipinski definition) is 3. The first-order valence-corrected chi connectivity index (χ1v) is 10.7. The van der Waals surface area contributed by atoms with Crippen LogP contribution in [0, 0.1) is 0 Å². The van der Waals surface area contributed by atoms with Crippen LogP contribution in [0.2, 0.25) is 0 Å². The highest BCUT2D eigenvalue weighted by molar-refractivity contribution is 6.76. The van der Waals surface area contributed by atoms with E-state index in [0.29, 0.717) is 0 Å². The molecule has 0 fully saturated rings. The minimum absolute atomic E-state index is 0.00740. The second kappa shape index (κ2) is 8.76. The number of rotatable bonds is 8. The van der Waals surface area contributed by atoms with Gasteiger partial charge in [-0.1, -0.05) is 54.6 Å². The standard InChI is InChI=1S/C21H30O3Si/c1-16(2)22-25(23-17(3)4,24-18(5)6)21-15-11-10-14-20(21)19-12-8-7-9-13-19/h7-18H,1-6H3. The molecule has 0 aliphatic carbocycles. The largest absolute Gasteiger partial charge is 0.538 e. The molecule has 136 valence electrons. The van der Waals surface area contributed by atoms with Gasteiger partial charge in [-0.3, -0.25) is 0 Å². The molecule has 0 radical (unpaired) electrons.